The quantitative estimate of drug-likeness (QED) is 0.785. The first kappa shape index (κ1) is 18.9. The van der Waals surface area contributed by atoms with E-state index in [1.165, 1.54) is 37.6 Å². The fraction of sp³-hybridized carbons (Fsp3) is 0.286. The van der Waals surface area contributed by atoms with Crippen LogP contribution in [-0.2, 0) is 4.74 Å². The average molecular weight is 397 g/mol. The molecule has 4 rings (SSSR count). The van der Waals surface area contributed by atoms with E-state index in [1.807, 2.05) is 12.2 Å². The van der Waals surface area contributed by atoms with Crippen molar-refractivity contribution in [3.8, 4) is 5.75 Å². The van der Waals surface area contributed by atoms with Gasteiger partial charge in [0.2, 0.25) is 0 Å². The van der Waals surface area contributed by atoms with Gasteiger partial charge in [0.25, 0.3) is 0 Å². The Labute approximate surface area is 167 Å². The summed E-state index contributed by atoms with van der Waals surface area (Å²) in [7, 11) is 1.29. The number of anilines is 1. The van der Waals surface area contributed by atoms with E-state index in [0.29, 0.717) is 37.2 Å². The van der Waals surface area contributed by atoms with E-state index in [2.05, 4.69) is 15.0 Å². The van der Waals surface area contributed by atoms with Gasteiger partial charge < -0.3 is 14.4 Å². The minimum atomic E-state index is -0.541. The van der Waals surface area contributed by atoms with Crippen LogP contribution in [0.1, 0.15) is 28.8 Å². The predicted molar refractivity (Wildman–Crippen MR) is 104 cm³/mol. The van der Waals surface area contributed by atoms with Gasteiger partial charge in [-0.15, -0.1) is 0 Å². The molecule has 1 saturated heterocycles. The molecule has 2 aromatic rings. The minimum Gasteiger partial charge on any atom is -0.482 e. The van der Waals surface area contributed by atoms with Crippen molar-refractivity contribution in [2.24, 2.45) is 0 Å². The topological polar surface area (TPSA) is 80.8 Å². The van der Waals surface area contributed by atoms with Crippen molar-refractivity contribution < 1.29 is 23.5 Å². The van der Waals surface area contributed by atoms with Crippen molar-refractivity contribution in [3.05, 3.63) is 59.5 Å². The Morgan fingerprint density at radius 1 is 1.24 bits per heavy atom. The summed E-state index contributed by atoms with van der Waals surface area (Å²) in [5.74, 6) is -0.0425. The van der Waals surface area contributed by atoms with E-state index < -0.39 is 11.6 Å². The van der Waals surface area contributed by atoms with Crippen molar-refractivity contribution in [1.82, 2.24) is 9.88 Å². The van der Waals surface area contributed by atoms with Crippen molar-refractivity contribution in [2.75, 3.05) is 25.5 Å². The molecule has 0 radical (unpaired) electrons. The lowest BCUT2D eigenvalue weighted by atomic mass is 9.88. The van der Waals surface area contributed by atoms with E-state index in [9.17, 15) is 14.0 Å². The molecule has 1 N–H and O–H groups in total. The lowest BCUT2D eigenvalue weighted by Gasteiger charge is -2.41. The molecule has 0 unspecified atom stereocenters. The Hall–Kier alpha value is -3.42. The molecule has 7 nitrogen and oxygen atoms in total. The third kappa shape index (κ3) is 3.91. The van der Waals surface area contributed by atoms with E-state index in [1.54, 1.807) is 11.0 Å². The fourth-order valence-electron chi connectivity index (χ4n) is 3.52. The number of halogens is 1. The Balaban J connectivity index is 1.39. The van der Waals surface area contributed by atoms with E-state index in [4.69, 9.17) is 4.74 Å². The van der Waals surface area contributed by atoms with E-state index in [-0.39, 0.29) is 17.7 Å². The molecule has 1 spiro atoms. The van der Waals surface area contributed by atoms with Gasteiger partial charge in [0.05, 0.1) is 12.7 Å². The highest BCUT2D eigenvalue weighted by molar-refractivity contribution is 5.93. The molecule has 29 heavy (non-hydrogen) atoms. The molecule has 0 atom stereocenters. The first-order chi connectivity index (χ1) is 14.0. The van der Waals surface area contributed by atoms with Gasteiger partial charge >= 0.3 is 12.0 Å². The molecular formula is C21H20FN3O4. The molecule has 2 aliphatic heterocycles. The SMILES string of the molecule is COC(=O)c1ccnc(NC(=O)N2CCC3(C=Cc4ccc(F)cc4O3)CC2)c1. The number of urea groups is 1. The number of nitrogens with one attached hydrogen (secondary N) is 1. The first-order valence-corrected chi connectivity index (χ1v) is 9.26. The number of piperidine rings is 1. The van der Waals surface area contributed by atoms with Crippen LogP contribution in [0, 0.1) is 5.82 Å². The minimum absolute atomic E-state index is 0.274. The van der Waals surface area contributed by atoms with Crippen molar-refractivity contribution in [1.29, 1.82) is 0 Å². The molecular weight excluding hydrogens is 377 g/mol. The van der Waals surface area contributed by atoms with Gasteiger partial charge in [0.15, 0.2) is 0 Å². The molecule has 2 aliphatic rings. The third-order valence-electron chi connectivity index (χ3n) is 5.17. The molecule has 2 amide bonds. The van der Waals surface area contributed by atoms with Crippen LogP contribution >= 0.6 is 0 Å². The number of methoxy groups -OCH3 is 1. The maximum Gasteiger partial charge on any atom is 0.338 e. The normalized spacial score (nSPS) is 16.7. The number of rotatable bonds is 2. The Bertz CT molecular complexity index is 984. The number of likely N-dealkylation sites (tertiary alicyclic amines) is 1. The summed E-state index contributed by atoms with van der Waals surface area (Å²) in [6.07, 6.45) is 6.54. The molecule has 1 aromatic carbocycles. The summed E-state index contributed by atoms with van der Waals surface area (Å²) in [6, 6.07) is 7.15. The molecule has 8 heteroatoms. The monoisotopic (exact) mass is 397 g/mol. The van der Waals surface area contributed by atoms with Crippen LogP contribution in [0.5, 0.6) is 5.75 Å². The summed E-state index contributed by atoms with van der Waals surface area (Å²) in [6.45, 7) is 0.940. The van der Waals surface area contributed by atoms with Crippen LogP contribution in [0.15, 0.2) is 42.6 Å². The zero-order chi connectivity index (χ0) is 20.4. The smallest absolute Gasteiger partial charge is 0.338 e. The lowest BCUT2D eigenvalue weighted by Crippen LogP contribution is -2.50. The van der Waals surface area contributed by atoms with Gasteiger partial charge in [-0.3, -0.25) is 5.32 Å². The molecule has 0 aliphatic carbocycles. The number of benzene rings is 1. The van der Waals surface area contributed by atoms with Crippen LogP contribution in [0.25, 0.3) is 6.08 Å². The standard InChI is InChI=1S/C21H20FN3O4/c1-28-19(26)15-5-9-23-18(12-15)24-20(27)25-10-7-21(8-11-25)6-4-14-2-3-16(22)13-17(14)29-21/h2-6,9,12-13H,7-8,10-11H2,1H3,(H,23,24,27). The number of esters is 1. The van der Waals surface area contributed by atoms with Crippen molar-refractivity contribution >= 4 is 23.9 Å². The fourth-order valence-corrected chi connectivity index (χ4v) is 3.52. The van der Waals surface area contributed by atoms with Crippen LogP contribution in [0.4, 0.5) is 15.0 Å². The number of nitrogens with zero attached hydrogens (tertiary/aromatic N) is 2. The van der Waals surface area contributed by atoms with Crippen LogP contribution in [0.3, 0.4) is 0 Å². The number of ether oxygens (including phenoxy) is 2. The number of amides is 2. The van der Waals surface area contributed by atoms with Gasteiger partial charge in [0, 0.05) is 43.8 Å². The van der Waals surface area contributed by atoms with Gasteiger partial charge in [-0.25, -0.2) is 19.0 Å². The number of pyridine rings is 1. The maximum atomic E-state index is 13.5. The Morgan fingerprint density at radius 2 is 2.03 bits per heavy atom. The highest BCUT2D eigenvalue weighted by atomic mass is 19.1. The number of aromatic nitrogens is 1. The van der Waals surface area contributed by atoms with E-state index in [0.717, 1.165) is 5.56 Å². The molecule has 150 valence electrons. The highest BCUT2D eigenvalue weighted by Gasteiger charge is 2.38. The molecule has 0 saturated carbocycles. The van der Waals surface area contributed by atoms with Gasteiger partial charge in [0.1, 0.15) is 23.0 Å². The molecule has 0 bridgehead atoms. The van der Waals surface area contributed by atoms with Crippen LogP contribution in [-0.4, -0.2) is 47.7 Å². The summed E-state index contributed by atoms with van der Waals surface area (Å²) in [4.78, 5) is 29.9. The number of fused-ring (bicyclic) bond motifs is 1. The second-order valence-electron chi connectivity index (χ2n) is 7.02. The predicted octanol–water partition coefficient (Wildman–Crippen LogP) is 3.48. The van der Waals surface area contributed by atoms with Gasteiger partial charge in [-0.2, -0.15) is 0 Å². The number of carbonyl (C=O) groups is 2. The second kappa shape index (κ2) is 7.54. The zero-order valence-electron chi connectivity index (χ0n) is 15.9. The number of carbonyl (C=O) groups excluding carboxylic acids is 2. The second-order valence-corrected chi connectivity index (χ2v) is 7.02. The van der Waals surface area contributed by atoms with Gasteiger partial charge in [-0.1, -0.05) is 6.08 Å². The Kier molecular flexibility index (Phi) is 4.92. The third-order valence-corrected chi connectivity index (χ3v) is 5.17. The summed E-state index contributed by atoms with van der Waals surface area (Å²) < 4.78 is 24.3. The molecule has 1 aromatic heterocycles. The van der Waals surface area contributed by atoms with Crippen LogP contribution < -0.4 is 10.1 Å². The van der Waals surface area contributed by atoms with Crippen molar-refractivity contribution in [2.45, 2.75) is 18.4 Å². The van der Waals surface area contributed by atoms with E-state index >= 15 is 0 Å². The lowest BCUT2D eigenvalue weighted by molar-refractivity contribution is 0.0515. The molecule has 1 fully saturated rings. The highest BCUT2D eigenvalue weighted by Crippen LogP contribution is 2.37. The number of hydrogen-bond donors (Lipinski definition) is 1. The maximum absolute atomic E-state index is 13.5. The molecule has 3 heterocycles. The summed E-state index contributed by atoms with van der Waals surface area (Å²) in [5, 5.41) is 2.71. The summed E-state index contributed by atoms with van der Waals surface area (Å²) in [5.41, 5.74) is 0.608. The summed E-state index contributed by atoms with van der Waals surface area (Å²) >= 11 is 0. The largest absolute Gasteiger partial charge is 0.482 e. The zero-order valence-corrected chi connectivity index (χ0v) is 15.9. The average Bonchev–Trinajstić information content (AvgIpc) is 2.73. The Morgan fingerprint density at radius 3 is 2.79 bits per heavy atom. The first-order valence-electron chi connectivity index (χ1n) is 9.26. The van der Waals surface area contributed by atoms with Crippen molar-refractivity contribution in [3.63, 3.8) is 0 Å². The number of hydrogen-bond acceptors (Lipinski definition) is 5. The van der Waals surface area contributed by atoms with Gasteiger partial charge in [-0.05, 0) is 30.3 Å². The van der Waals surface area contributed by atoms with Crippen LogP contribution in [0.2, 0.25) is 0 Å².